The molecule has 0 radical (unpaired) electrons. The van der Waals surface area contributed by atoms with Crippen molar-refractivity contribution in [1.82, 2.24) is 5.01 Å². The molecule has 1 aliphatic rings. The minimum absolute atomic E-state index is 0.267. The molecule has 0 atom stereocenters. The van der Waals surface area contributed by atoms with Crippen molar-refractivity contribution in [2.24, 2.45) is 5.10 Å². The molecule has 0 bridgehead atoms. The van der Waals surface area contributed by atoms with E-state index in [4.69, 9.17) is 11.6 Å². The summed E-state index contributed by atoms with van der Waals surface area (Å²) in [6.45, 7) is 4.98. The average Bonchev–Trinajstić information content (AvgIpc) is 2.58. The summed E-state index contributed by atoms with van der Waals surface area (Å²) in [4.78, 5) is 1.56. The highest BCUT2D eigenvalue weighted by atomic mass is 35.5. The zero-order valence-electron chi connectivity index (χ0n) is 13.0. The van der Waals surface area contributed by atoms with Gasteiger partial charge in [-0.2, -0.15) is 5.10 Å². The van der Waals surface area contributed by atoms with Crippen molar-refractivity contribution >= 4 is 17.8 Å². The van der Waals surface area contributed by atoms with Crippen LogP contribution in [0, 0.1) is 0 Å². The summed E-state index contributed by atoms with van der Waals surface area (Å²) in [7, 11) is 0. The number of piperazine rings is 1. The second kappa shape index (κ2) is 7.49. The van der Waals surface area contributed by atoms with E-state index < -0.39 is 0 Å². The molecule has 0 spiro atoms. The normalized spacial score (nSPS) is 16.1. The van der Waals surface area contributed by atoms with Crippen LogP contribution in [0.4, 0.5) is 0 Å². The number of rotatable bonds is 4. The van der Waals surface area contributed by atoms with Crippen LogP contribution < -0.4 is 4.90 Å². The molecule has 0 amide bonds. The van der Waals surface area contributed by atoms with Gasteiger partial charge in [0.05, 0.1) is 32.4 Å². The molecule has 0 saturated carbocycles. The number of nitrogens with one attached hydrogen (secondary N) is 1. The predicted octanol–water partition coefficient (Wildman–Crippen LogP) is 1.78. The van der Waals surface area contributed by atoms with E-state index >= 15 is 0 Å². The molecule has 120 valence electrons. The van der Waals surface area contributed by atoms with Crippen LogP contribution in [0.3, 0.4) is 0 Å². The third-order valence-corrected chi connectivity index (χ3v) is 4.36. The van der Waals surface area contributed by atoms with Crippen LogP contribution in [0.2, 0.25) is 5.02 Å². The van der Waals surface area contributed by atoms with Gasteiger partial charge in [-0.25, -0.2) is 0 Å². The van der Waals surface area contributed by atoms with E-state index in [9.17, 15) is 5.11 Å². The number of nitrogens with zero attached hydrogens (tertiary/aromatic N) is 2. The fraction of sp³-hybridized carbons (Fsp3) is 0.278. The maximum Gasteiger partial charge on any atom is 0.124 e. The van der Waals surface area contributed by atoms with Gasteiger partial charge < -0.3 is 10.0 Å². The first-order valence-electron chi connectivity index (χ1n) is 7.85. The van der Waals surface area contributed by atoms with E-state index in [-0.39, 0.29) is 5.75 Å². The second-order valence-corrected chi connectivity index (χ2v) is 6.25. The molecule has 0 unspecified atom stereocenters. The Hall–Kier alpha value is -2.04. The van der Waals surface area contributed by atoms with E-state index in [1.807, 2.05) is 30.3 Å². The molecule has 23 heavy (non-hydrogen) atoms. The van der Waals surface area contributed by atoms with Crippen LogP contribution in [0.15, 0.2) is 53.6 Å². The summed E-state index contributed by atoms with van der Waals surface area (Å²) in [5.41, 5.74) is 2.07. The topological polar surface area (TPSA) is 40.3 Å². The molecule has 3 rings (SSSR count). The Morgan fingerprint density at radius 1 is 1.09 bits per heavy atom. The van der Waals surface area contributed by atoms with Gasteiger partial charge in [0.25, 0.3) is 0 Å². The molecular formula is C18H21ClN3O+. The van der Waals surface area contributed by atoms with Crippen molar-refractivity contribution in [3.8, 4) is 5.75 Å². The zero-order valence-corrected chi connectivity index (χ0v) is 13.7. The molecule has 1 saturated heterocycles. The summed E-state index contributed by atoms with van der Waals surface area (Å²) in [6.07, 6.45) is 1.74. The Morgan fingerprint density at radius 3 is 2.48 bits per heavy atom. The number of para-hydroxylation sites is 1. The predicted molar refractivity (Wildman–Crippen MR) is 93.1 cm³/mol. The minimum atomic E-state index is 0.267. The lowest BCUT2D eigenvalue weighted by molar-refractivity contribution is -0.918. The van der Waals surface area contributed by atoms with E-state index in [1.54, 1.807) is 17.2 Å². The molecule has 0 aromatic heterocycles. The van der Waals surface area contributed by atoms with Crippen LogP contribution in [0.5, 0.6) is 5.75 Å². The molecule has 0 aliphatic carbocycles. The maximum absolute atomic E-state index is 9.74. The minimum Gasteiger partial charge on any atom is -0.507 e. The van der Waals surface area contributed by atoms with Crippen LogP contribution in [-0.2, 0) is 6.54 Å². The fourth-order valence-electron chi connectivity index (χ4n) is 2.73. The molecule has 1 aliphatic heterocycles. The summed E-state index contributed by atoms with van der Waals surface area (Å²) in [5.74, 6) is 0.267. The van der Waals surface area contributed by atoms with Gasteiger partial charge in [-0.05, 0) is 24.3 Å². The highest BCUT2D eigenvalue weighted by Crippen LogP contribution is 2.13. The Kier molecular flexibility index (Phi) is 5.16. The molecule has 5 heteroatoms. The SMILES string of the molecule is Oc1ccccc1C=NN1CC[NH+](Cc2ccc(Cl)cc2)CC1. The second-order valence-electron chi connectivity index (χ2n) is 5.81. The maximum atomic E-state index is 9.74. The van der Waals surface area contributed by atoms with E-state index in [1.165, 1.54) is 5.56 Å². The first-order valence-corrected chi connectivity index (χ1v) is 8.23. The van der Waals surface area contributed by atoms with Gasteiger partial charge in [0.2, 0.25) is 0 Å². The molecule has 1 fully saturated rings. The van der Waals surface area contributed by atoms with E-state index in [2.05, 4.69) is 22.2 Å². The van der Waals surface area contributed by atoms with E-state index in [0.29, 0.717) is 0 Å². The third-order valence-electron chi connectivity index (χ3n) is 4.11. The summed E-state index contributed by atoms with van der Waals surface area (Å²) in [6, 6.07) is 15.3. The van der Waals surface area contributed by atoms with Gasteiger partial charge in [-0.3, -0.25) is 5.01 Å². The number of hydrogen-bond acceptors (Lipinski definition) is 3. The lowest BCUT2D eigenvalue weighted by atomic mass is 10.2. The number of halogens is 1. The lowest BCUT2D eigenvalue weighted by Crippen LogP contribution is -3.13. The average molecular weight is 331 g/mol. The summed E-state index contributed by atoms with van der Waals surface area (Å²) in [5, 5.41) is 17.1. The highest BCUT2D eigenvalue weighted by Gasteiger charge is 2.18. The van der Waals surface area contributed by atoms with Crippen LogP contribution in [0.1, 0.15) is 11.1 Å². The van der Waals surface area contributed by atoms with Crippen LogP contribution in [0.25, 0.3) is 0 Å². The van der Waals surface area contributed by atoms with Crippen molar-refractivity contribution in [2.75, 3.05) is 26.2 Å². The van der Waals surface area contributed by atoms with Gasteiger partial charge >= 0.3 is 0 Å². The number of hydrazone groups is 1. The molecule has 1 heterocycles. The number of aromatic hydroxyl groups is 1. The van der Waals surface area contributed by atoms with Gasteiger partial charge in [-0.15, -0.1) is 0 Å². The smallest absolute Gasteiger partial charge is 0.124 e. The molecule has 2 aromatic carbocycles. The summed E-state index contributed by atoms with van der Waals surface area (Å²) >= 11 is 5.92. The number of phenolic OH excluding ortho intramolecular Hbond substituents is 1. The van der Waals surface area contributed by atoms with Crippen molar-refractivity contribution in [2.45, 2.75) is 6.54 Å². The number of benzene rings is 2. The van der Waals surface area contributed by atoms with Crippen LogP contribution >= 0.6 is 11.6 Å². The van der Waals surface area contributed by atoms with Crippen molar-refractivity contribution < 1.29 is 10.0 Å². The number of phenols is 1. The van der Waals surface area contributed by atoms with Crippen molar-refractivity contribution in [3.63, 3.8) is 0 Å². The molecule has 2 N–H and O–H groups in total. The zero-order chi connectivity index (χ0) is 16.1. The monoisotopic (exact) mass is 330 g/mol. The Morgan fingerprint density at radius 2 is 1.78 bits per heavy atom. The van der Waals surface area contributed by atoms with Gasteiger partial charge in [0.15, 0.2) is 0 Å². The highest BCUT2D eigenvalue weighted by molar-refractivity contribution is 6.30. The van der Waals surface area contributed by atoms with Gasteiger partial charge in [0, 0.05) is 16.1 Å². The Bertz CT molecular complexity index is 664. The molecular weight excluding hydrogens is 310 g/mol. The standard InChI is InChI=1S/C18H20ClN3O/c19-17-7-5-15(6-8-17)14-21-9-11-22(12-10-21)20-13-16-3-1-2-4-18(16)23/h1-8,13,23H,9-12,14H2/p+1. The van der Waals surface area contributed by atoms with Crippen molar-refractivity contribution in [3.05, 3.63) is 64.7 Å². The first-order chi connectivity index (χ1) is 11.2. The first kappa shape index (κ1) is 15.8. The third kappa shape index (κ3) is 4.47. The Balaban J connectivity index is 1.50. The number of hydrogen-bond donors (Lipinski definition) is 2. The summed E-state index contributed by atoms with van der Waals surface area (Å²) < 4.78 is 0. The van der Waals surface area contributed by atoms with Crippen molar-refractivity contribution in [1.29, 1.82) is 0 Å². The quantitative estimate of drug-likeness (QED) is 0.839. The van der Waals surface area contributed by atoms with Gasteiger partial charge in [-0.1, -0.05) is 35.9 Å². The van der Waals surface area contributed by atoms with E-state index in [0.717, 1.165) is 43.3 Å². The van der Waals surface area contributed by atoms with Gasteiger partial charge in [0.1, 0.15) is 12.3 Å². The van der Waals surface area contributed by atoms with Crippen LogP contribution in [-0.4, -0.2) is 42.5 Å². The molecule has 4 nitrogen and oxygen atoms in total. The fourth-order valence-corrected chi connectivity index (χ4v) is 2.86. The largest absolute Gasteiger partial charge is 0.507 e. The molecule has 2 aromatic rings. The Labute approximate surface area is 141 Å². The lowest BCUT2D eigenvalue weighted by Gasteiger charge is -2.30. The number of quaternary nitrogens is 1.